The number of hydrogen-bond donors (Lipinski definition) is 0. The molecule has 0 saturated carbocycles. The fourth-order valence-corrected chi connectivity index (χ4v) is 1.69. The molecular formula is C8H10ClNS. The Labute approximate surface area is 75.7 Å². The van der Waals surface area contributed by atoms with E-state index < -0.39 is 0 Å². The molecule has 0 N–H and O–H groups in total. The van der Waals surface area contributed by atoms with Crippen LogP contribution in [0, 0.1) is 0 Å². The average molecular weight is 188 g/mol. The molecule has 1 nitrogen and oxygen atoms in total. The lowest BCUT2D eigenvalue weighted by Crippen LogP contribution is -1.94. The molecule has 60 valence electrons. The topological polar surface area (TPSA) is 12.4 Å². The quantitative estimate of drug-likeness (QED) is 0.631. The molecule has 1 heterocycles. The zero-order valence-corrected chi connectivity index (χ0v) is 8.12. The van der Waals surface area contributed by atoms with E-state index in [0.717, 1.165) is 4.88 Å². The van der Waals surface area contributed by atoms with Gasteiger partial charge >= 0.3 is 0 Å². The zero-order chi connectivity index (χ0) is 8.27. The summed E-state index contributed by atoms with van der Waals surface area (Å²) in [5.74, 6) is 0. The fraction of sp³-hybridized carbons (Fsp3) is 0.375. The van der Waals surface area contributed by atoms with E-state index in [0.29, 0.717) is 5.17 Å². The number of halogens is 1. The molecule has 11 heavy (non-hydrogen) atoms. The second-order valence-electron chi connectivity index (χ2n) is 2.49. The lowest BCUT2D eigenvalue weighted by Gasteiger charge is -1.96. The SMILES string of the molecule is CC(C)N=C(Cl)c1cccs1. The summed E-state index contributed by atoms with van der Waals surface area (Å²) in [5.41, 5.74) is 0. The Kier molecular flexibility index (Phi) is 3.09. The van der Waals surface area contributed by atoms with Gasteiger partial charge in [0.2, 0.25) is 0 Å². The third-order valence-corrected chi connectivity index (χ3v) is 2.39. The summed E-state index contributed by atoms with van der Waals surface area (Å²) in [7, 11) is 0. The van der Waals surface area contributed by atoms with Crippen molar-refractivity contribution in [3.05, 3.63) is 22.4 Å². The molecule has 0 atom stereocenters. The third kappa shape index (κ3) is 2.64. The highest BCUT2D eigenvalue weighted by atomic mass is 35.5. The Hall–Kier alpha value is -0.340. The van der Waals surface area contributed by atoms with E-state index in [1.807, 2.05) is 31.4 Å². The lowest BCUT2D eigenvalue weighted by molar-refractivity contribution is 0.840. The first-order valence-corrected chi connectivity index (χ1v) is 4.73. The van der Waals surface area contributed by atoms with Crippen molar-refractivity contribution in [2.45, 2.75) is 19.9 Å². The number of nitrogens with zero attached hydrogens (tertiary/aromatic N) is 1. The van der Waals surface area contributed by atoms with E-state index in [1.54, 1.807) is 11.3 Å². The summed E-state index contributed by atoms with van der Waals surface area (Å²) in [4.78, 5) is 5.25. The van der Waals surface area contributed by atoms with Gasteiger partial charge in [0.1, 0.15) is 5.17 Å². The van der Waals surface area contributed by atoms with Crippen molar-refractivity contribution < 1.29 is 0 Å². The Balaban J connectivity index is 2.77. The molecule has 0 saturated heterocycles. The van der Waals surface area contributed by atoms with Crippen molar-refractivity contribution in [3.8, 4) is 0 Å². The Bertz CT molecular complexity index is 239. The highest BCUT2D eigenvalue weighted by molar-refractivity contribution is 7.14. The first kappa shape index (κ1) is 8.75. The normalized spacial score (nSPS) is 12.5. The van der Waals surface area contributed by atoms with Crippen molar-refractivity contribution in [1.82, 2.24) is 0 Å². The molecule has 1 rings (SSSR count). The predicted molar refractivity (Wildman–Crippen MR) is 51.8 cm³/mol. The van der Waals surface area contributed by atoms with E-state index >= 15 is 0 Å². The van der Waals surface area contributed by atoms with Crippen LogP contribution in [0.25, 0.3) is 0 Å². The summed E-state index contributed by atoms with van der Waals surface area (Å²) in [6, 6.07) is 4.21. The number of rotatable bonds is 2. The van der Waals surface area contributed by atoms with Crippen molar-refractivity contribution in [3.63, 3.8) is 0 Å². The molecular weight excluding hydrogens is 178 g/mol. The maximum absolute atomic E-state index is 5.90. The molecule has 0 bridgehead atoms. The van der Waals surface area contributed by atoms with E-state index in [4.69, 9.17) is 11.6 Å². The third-order valence-electron chi connectivity index (χ3n) is 1.10. The smallest absolute Gasteiger partial charge is 0.141 e. The van der Waals surface area contributed by atoms with E-state index in [-0.39, 0.29) is 6.04 Å². The molecule has 0 unspecified atom stereocenters. The van der Waals surface area contributed by atoms with Crippen LogP contribution in [-0.4, -0.2) is 11.2 Å². The van der Waals surface area contributed by atoms with Gasteiger partial charge in [-0.1, -0.05) is 17.7 Å². The van der Waals surface area contributed by atoms with Crippen LogP contribution in [-0.2, 0) is 0 Å². The summed E-state index contributed by atoms with van der Waals surface area (Å²) >= 11 is 7.51. The monoisotopic (exact) mass is 187 g/mol. The summed E-state index contributed by atoms with van der Waals surface area (Å²) in [6.45, 7) is 4.02. The van der Waals surface area contributed by atoms with Crippen molar-refractivity contribution in [1.29, 1.82) is 0 Å². The van der Waals surface area contributed by atoms with Crippen molar-refractivity contribution >= 4 is 28.1 Å². The number of thiophene rings is 1. The van der Waals surface area contributed by atoms with Gasteiger partial charge in [-0.25, -0.2) is 0 Å². The Morgan fingerprint density at radius 3 is 2.82 bits per heavy atom. The first-order valence-electron chi connectivity index (χ1n) is 3.47. The van der Waals surface area contributed by atoms with Gasteiger partial charge in [-0.2, -0.15) is 0 Å². The lowest BCUT2D eigenvalue weighted by atomic mass is 10.4. The van der Waals surface area contributed by atoms with Gasteiger partial charge in [0.05, 0.1) is 4.88 Å². The summed E-state index contributed by atoms with van der Waals surface area (Å²) < 4.78 is 0. The second-order valence-corrected chi connectivity index (χ2v) is 3.80. The standard InChI is InChI=1S/C8H10ClNS/c1-6(2)10-8(9)7-4-3-5-11-7/h3-6H,1-2H3. The minimum absolute atomic E-state index is 0.268. The Morgan fingerprint density at radius 1 is 1.64 bits per heavy atom. The van der Waals surface area contributed by atoms with Gasteiger partial charge in [-0.05, 0) is 25.3 Å². The number of hydrogen-bond acceptors (Lipinski definition) is 2. The fourth-order valence-electron chi connectivity index (χ4n) is 0.686. The van der Waals surface area contributed by atoms with Gasteiger partial charge in [0.25, 0.3) is 0 Å². The van der Waals surface area contributed by atoms with Gasteiger partial charge in [0, 0.05) is 6.04 Å². The maximum Gasteiger partial charge on any atom is 0.141 e. The van der Waals surface area contributed by atoms with Gasteiger partial charge in [-0.15, -0.1) is 11.3 Å². The predicted octanol–water partition coefficient (Wildman–Crippen LogP) is 3.14. The van der Waals surface area contributed by atoms with Crippen LogP contribution in [0.15, 0.2) is 22.5 Å². The second kappa shape index (κ2) is 3.88. The molecule has 1 aromatic heterocycles. The molecule has 0 aliphatic rings. The molecule has 0 spiro atoms. The van der Waals surface area contributed by atoms with Gasteiger partial charge in [-0.3, -0.25) is 4.99 Å². The van der Waals surface area contributed by atoms with Crippen LogP contribution in [0.2, 0.25) is 0 Å². The molecule has 0 aliphatic carbocycles. The molecule has 1 aromatic rings. The Morgan fingerprint density at radius 2 is 2.36 bits per heavy atom. The highest BCUT2D eigenvalue weighted by Crippen LogP contribution is 2.13. The molecule has 0 radical (unpaired) electrons. The van der Waals surface area contributed by atoms with Crippen LogP contribution in [0.5, 0.6) is 0 Å². The van der Waals surface area contributed by atoms with Crippen LogP contribution in [0.4, 0.5) is 0 Å². The minimum atomic E-state index is 0.268. The van der Waals surface area contributed by atoms with Crippen molar-refractivity contribution in [2.24, 2.45) is 4.99 Å². The van der Waals surface area contributed by atoms with E-state index in [1.165, 1.54) is 0 Å². The van der Waals surface area contributed by atoms with Crippen LogP contribution < -0.4 is 0 Å². The van der Waals surface area contributed by atoms with Crippen LogP contribution in [0.1, 0.15) is 18.7 Å². The molecule has 3 heteroatoms. The van der Waals surface area contributed by atoms with Crippen LogP contribution in [0.3, 0.4) is 0 Å². The largest absolute Gasteiger partial charge is 0.269 e. The summed E-state index contributed by atoms with van der Waals surface area (Å²) in [6.07, 6.45) is 0. The maximum atomic E-state index is 5.90. The van der Waals surface area contributed by atoms with Crippen LogP contribution >= 0.6 is 22.9 Å². The van der Waals surface area contributed by atoms with Gasteiger partial charge in [0.15, 0.2) is 0 Å². The molecule has 0 aromatic carbocycles. The minimum Gasteiger partial charge on any atom is -0.269 e. The number of aliphatic imine (C=N–C) groups is 1. The molecule has 0 aliphatic heterocycles. The average Bonchev–Trinajstić information content (AvgIpc) is 2.35. The van der Waals surface area contributed by atoms with E-state index in [2.05, 4.69) is 4.99 Å². The van der Waals surface area contributed by atoms with Gasteiger partial charge < -0.3 is 0 Å². The molecule has 0 amide bonds. The first-order chi connectivity index (χ1) is 5.20. The summed E-state index contributed by atoms with van der Waals surface area (Å²) in [5, 5.41) is 2.61. The van der Waals surface area contributed by atoms with Crippen molar-refractivity contribution in [2.75, 3.05) is 0 Å². The highest BCUT2D eigenvalue weighted by Gasteiger charge is 2.00. The van der Waals surface area contributed by atoms with E-state index in [9.17, 15) is 0 Å². The molecule has 0 fully saturated rings. The zero-order valence-electron chi connectivity index (χ0n) is 6.54.